The largest absolute Gasteiger partial charge is 0.372 e. The van der Waals surface area contributed by atoms with Crippen LogP contribution >= 0.6 is 0 Å². The number of nitrogens with two attached hydrogens (primary N) is 1. The highest BCUT2D eigenvalue weighted by Gasteiger charge is 2.50. The van der Waals surface area contributed by atoms with Crippen LogP contribution in [0.3, 0.4) is 0 Å². The van der Waals surface area contributed by atoms with E-state index >= 15 is 0 Å². The van der Waals surface area contributed by atoms with E-state index in [4.69, 9.17) is 5.84 Å². The molecule has 18 heavy (non-hydrogen) atoms. The van der Waals surface area contributed by atoms with Gasteiger partial charge in [0.15, 0.2) is 5.60 Å². The number of hydrazine groups is 1. The molecule has 4 heteroatoms. The molecule has 3 rings (SSSR count). The molecule has 0 saturated carbocycles. The molecular formula is C14H12N2O2. The molecule has 2 aromatic rings. The van der Waals surface area contributed by atoms with Crippen molar-refractivity contribution in [1.29, 1.82) is 0 Å². The van der Waals surface area contributed by atoms with Gasteiger partial charge >= 0.3 is 0 Å². The number of hydrogen-bond acceptors (Lipinski definition) is 3. The van der Waals surface area contributed by atoms with Crippen molar-refractivity contribution in [3.05, 3.63) is 65.7 Å². The SMILES string of the molecule is NN1C(=O)C(O)(c2ccccc2)c2ccccc21. The lowest BCUT2D eigenvalue weighted by atomic mass is 9.88. The van der Waals surface area contributed by atoms with Crippen molar-refractivity contribution in [3.63, 3.8) is 0 Å². The lowest BCUT2D eigenvalue weighted by molar-refractivity contribution is -0.132. The van der Waals surface area contributed by atoms with Crippen LogP contribution in [0.1, 0.15) is 11.1 Å². The number of fused-ring (bicyclic) bond motifs is 1. The third-order valence-electron chi connectivity index (χ3n) is 3.27. The van der Waals surface area contributed by atoms with Gasteiger partial charge in [0.05, 0.1) is 5.69 Å². The number of amides is 1. The smallest absolute Gasteiger partial charge is 0.282 e. The fraction of sp³-hybridized carbons (Fsp3) is 0.0714. The summed E-state index contributed by atoms with van der Waals surface area (Å²) in [6.07, 6.45) is 0. The van der Waals surface area contributed by atoms with Crippen molar-refractivity contribution in [2.75, 3.05) is 5.01 Å². The predicted octanol–water partition coefficient (Wildman–Crippen LogP) is 1.14. The van der Waals surface area contributed by atoms with Crippen molar-refractivity contribution in [2.24, 2.45) is 5.84 Å². The second kappa shape index (κ2) is 3.66. The van der Waals surface area contributed by atoms with Crippen LogP contribution in [0.15, 0.2) is 54.6 Å². The van der Waals surface area contributed by atoms with E-state index in [0.717, 1.165) is 5.01 Å². The summed E-state index contributed by atoms with van der Waals surface area (Å²) >= 11 is 0. The molecule has 0 radical (unpaired) electrons. The van der Waals surface area contributed by atoms with Crippen LogP contribution in [0.4, 0.5) is 5.69 Å². The summed E-state index contributed by atoms with van der Waals surface area (Å²) in [6.45, 7) is 0. The zero-order valence-corrected chi connectivity index (χ0v) is 9.58. The normalized spacial score (nSPS) is 22.1. The first kappa shape index (κ1) is 11.0. The van der Waals surface area contributed by atoms with Crippen LogP contribution < -0.4 is 10.9 Å². The summed E-state index contributed by atoms with van der Waals surface area (Å²) in [5.41, 5.74) is -0.111. The molecule has 0 saturated heterocycles. The second-order valence-corrected chi connectivity index (χ2v) is 4.27. The topological polar surface area (TPSA) is 66.6 Å². The molecule has 0 spiro atoms. The first-order valence-electron chi connectivity index (χ1n) is 5.62. The molecular weight excluding hydrogens is 228 g/mol. The molecule has 2 aromatic carbocycles. The van der Waals surface area contributed by atoms with E-state index in [1.807, 2.05) is 6.07 Å². The number of para-hydroxylation sites is 1. The number of aliphatic hydroxyl groups is 1. The Bertz CT molecular complexity index is 612. The van der Waals surface area contributed by atoms with E-state index < -0.39 is 11.5 Å². The molecule has 0 aliphatic carbocycles. The van der Waals surface area contributed by atoms with Gasteiger partial charge in [-0.3, -0.25) is 4.79 Å². The molecule has 4 nitrogen and oxygen atoms in total. The van der Waals surface area contributed by atoms with Crippen LogP contribution in [-0.2, 0) is 10.4 Å². The van der Waals surface area contributed by atoms with E-state index in [2.05, 4.69) is 0 Å². The van der Waals surface area contributed by atoms with Crippen molar-refractivity contribution >= 4 is 11.6 Å². The fourth-order valence-corrected chi connectivity index (χ4v) is 2.35. The Morgan fingerprint density at radius 3 is 2.33 bits per heavy atom. The van der Waals surface area contributed by atoms with Gasteiger partial charge in [-0.05, 0) is 11.6 Å². The molecule has 1 unspecified atom stereocenters. The molecule has 0 aromatic heterocycles. The average Bonchev–Trinajstić information content (AvgIpc) is 2.64. The Hall–Kier alpha value is -2.17. The van der Waals surface area contributed by atoms with E-state index in [-0.39, 0.29) is 0 Å². The number of carbonyl (C=O) groups is 1. The number of rotatable bonds is 1. The Morgan fingerprint density at radius 1 is 1.00 bits per heavy atom. The maximum absolute atomic E-state index is 12.2. The van der Waals surface area contributed by atoms with Crippen LogP contribution in [0.5, 0.6) is 0 Å². The van der Waals surface area contributed by atoms with Crippen LogP contribution in [-0.4, -0.2) is 11.0 Å². The molecule has 3 N–H and O–H groups in total. The van der Waals surface area contributed by atoms with Crippen LogP contribution in [0, 0.1) is 0 Å². The van der Waals surface area contributed by atoms with E-state index in [1.54, 1.807) is 48.5 Å². The summed E-state index contributed by atoms with van der Waals surface area (Å²) < 4.78 is 0. The third-order valence-corrected chi connectivity index (χ3v) is 3.27. The number of hydrogen-bond donors (Lipinski definition) is 2. The molecule has 0 fully saturated rings. The van der Waals surface area contributed by atoms with Crippen LogP contribution in [0.25, 0.3) is 0 Å². The quantitative estimate of drug-likeness (QED) is 0.580. The summed E-state index contributed by atoms with van der Waals surface area (Å²) in [4.78, 5) is 12.2. The van der Waals surface area contributed by atoms with Gasteiger partial charge in [-0.25, -0.2) is 10.9 Å². The molecule has 1 heterocycles. The highest BCUT2D eigenvalue weighted by atomic mass is 16.3. The highest BCUT2D eigenvalue weighted by molar-refractivity contribution is 6.08. The number of nitrogens with zero attached hydrogens (tertiary/aromatic N) is 1. The van der Waals surface area contributed by atoms with Gasteiger partial charge in [0.1, 0.15) is 0 Å². The van der Waals surface area contributed by atoms with Crippen molar-refractivity contribution < 1.29 is 9.90 Å². The first-order chi connectivity index (χ1) is 8.65. The van der Waals surface area contributed by atoms with Crippen molar-refractivity contribution in [3.8, 4) is 0 Å². The van der Waals surface area contributed by atoms with Gasteiger partial charge in [0, 0.05) is 5.56 Å². The van der Waals surface area contributed by atoms with Crippen LogP contribution in [0.2, 0.25) is 0 Å². The minimum atomic E-state index is -1.69. The van der Waals surface area contributed by atoms with Gasteiger partial charge < -0.3 is 5.11 Å². The predicted molar refractivity (Wildman–Crippen MR) is 67.6 cm³/mol. The molecule has 90 valence electrons. The Labute approximate surface area is 104 Å². The van der Waals surface area contributed by atoms with Gasteiger partial charge in [-0.15, -0.1) is 0 Å². The second-order valence-electron chi connectivity index (χ2n) is 4.27. The highest BCUT2D eigenvalue weighted by Crippen LogP contribution is 2.42. The van der Waals surface area contributed by atoms with E-state index in [1.165, 1.54) is 0 Å². The molecule has 0 bridgehead atoms. The maximum atomic E-state index is 12.2. The summed E-state index contributed by atoms with van der Waals surface area (Å²) in [6, 6.07) is 15.8. The first-order valence-corrected chi connectivity index (χ1v) is 5.62. The van der Waals surface area contributed by atoms with Gasteiger partial charge in [0.2, 0.25) is 0 Å². The number of benzene rings is 2. The summed E-state index contributed by atoms with van der Waals surface area (Å²) in [7, 11) is 0. The van der Waals surface area contributed by atoms with Crippen molar-refractivity contribution in [2.45, 2.75) is 5.60 Å². The molecule has 1 atom stereocenters. The van der Waals surface area contributed by atoms with Gasteiger partial charge in [0.25, 0.3) is 5.91 Å². The Balaban J connectivity index is 2.27. The van der Waals surface area contributed by atoms with Gasteiger partial charge in [-0.1, -0.05) is 48.5 Å². The minimum Gasteiger partial charge on any atom is -0.372 e. The molecule has 1 aliphatic rings. The number of anilines is 1. The molecule has 1 aliphatic heterocycles. The maximum Gasteiger partial charge on any atom is 0.282 e. The zero-order chi connectivity index (χ0) is 12.8. The standard InChI is InChI=1S/C14H12N2O2/c15-16-12-9-5-4-8-11(12)14(18,13(16)17)10-6-2-1-3-7-10/h1-9,18H,15H2. The summed E-state index contributed by atoms with van der Waals surface area (Å²) in [5.74, 6) is 5.19. The lowest BCUT2D eigenvalue weighted by Gasteiger charge is -2.21. The fourth-order valence-electron chi connectivity index (χ4n) is 2.35. The Kier molecular flexibility index (Phi) is 2.23. The summed E-state index contributed by atoms with van der Waals surface area (Å²) in [5, 5.41) is 11.8. The lowest BCUT2D eigenvalue weighted by Crippen LogP contribution is -2.44. The third kappa shape index (κ3) is 1.24. The number of carbonyl (C=O) groups excluding carboxylic acids is 1. The van der Waals surface area contributed by atoms with E-state index in [0.29, 0.717) is 16.8 Å². The minimum absolute atomic E-state index is 0.517. The zero-order valence-electron chi connectivity index (χ0n) is 9.58. The van der Waals surface area contributed by atoms with Gasteiger partial charge in [-0.2, -0.15) is 0 Å². The van der Waals surface area contributed by atoms with Crippen molar-refractivity contribution in [1.82, 2.24) is 0 Å². The average molecular weight is 240 g/mol. The Morgan fingerprint density at radius 2 is 1.61 bits per heavy atom. The van der Waals surface area contributed by atoms with E-state index in [9.17, 15) is 9.90 Å². The molecule has 1 amide bonds. The monoisotopic (exact) mass is 240 g/mol.